The molecular weight excluding hydrogens is 463 g/mol. The van der Waals surface area contributed by atoms with Crippen molar-refractivity contribution < 1.29 is 9.53 Å². The Morgan fingerprint density at radius 2 is 1.93 bits per heavy atom. The summed E-state index contributed by atoms with van der Waals surface area (Å²) < 4.78 is 6.71. The van der Waals surface area contributed by atoms with Crippen molar-refractivity contribution in [2.45, 2.75) is 27.3 Å². The molecule has 0 bridgehead atoms. The lowest BCUT2D eigenvalue weighted by Gasteiger charge is -2.11. The molecule has 0 spiro atoms. The zero-order chi connectivity index (χ0) is 22.0. The number of hydrogen-bond acceptors (Lipinski definition) is 5. The topological polar surface area (TPSA) is 68.2 Å². The smallest absolute Gasteiger partial charge is 0.340 e. The summed E-state index contributed by atoms with van der Waals surface area (Å²) in [7, 11) is 1.35. The van der Waals surface area contributed by atoms with Gasteiger partial charge >= 0.3 is 5.97 Å². The number of thiophene rings is 1. The lowest BCUT2D eigenvalue weighted by atomic mass is 10.2. The molecule has 0 fully saturated rings. The Morgan fingerprint density at radius 3 is 2.60 bits per heavy atom. The number of nitrogens with zero attached hydrogens (tertiary/aromatic N) is 2. The van der Waals surface area contributed by atoms with Crippen LogP contribution in [0.1, 0.15) is 32.2 Å². The number of thiocarbonyl (C=S) groups is 1. The van der Waals surface area contributed by atoms with Gasteiger partial charge in [-0.05, 0) is 56.8 Å². The van der Waals surface area contributed by atoms with Crippen LogP contribution >= 0.6 is 46.8 Å². The Morgan fingerprint density at radius 1 is 1.20 bits per heavy atom. The van der Waals surface area contributed by atoms with E-state index < -0.39 is 5.97 Å². The molecule has 0 aliphatic rings. The van der Waals surface area contributed by atoms with E-state index in [0.29, 0.717) is 32.3 Å². The summed E-state index contributed by atoms with van der Waals surface area (Å²) in [5, 5.41) is 12.9. The van der Waals surface area contributed by atoms with E-state index in [1.165, 1.54) is 18.4 Å². The molecule has 0 saturated heterocycles. The summed E-state index contributed by atoms with van der Waals surface area (Å²) in [5.74, 6) is -0.411. The molecule has 158 valence electrons. The average molecular weight is 483 g/mol. The molecule has 0 saturated carbocycles. The van der Waals surface area contributed by atoms with Crippen LogP contribution in [0.15, 0.2) is 24.3 Å². The maximum atomic E-state index is 12.0. The van der Waals surface area contributed by atoms with Crippen molar-refractivity contribution in [3.63, 3.8) is 0 Å². The van der Waals surface area contributed by atoms with Gasteiger partial charge in [0, 0.05) is 4.88 Å². The third-order valence-electron chi connectivity index (χ3n) is 4.42. The first-order valence-electron chi connectivity index (χ1n) is 8.94. The molecule has 0 radical (unpaired) electrons. The molecule has 2 aromatic heterocycles. The maximum Gasteiger partial charge on any atom is 0.340 e. The molecule has 3 rings (SSSR count). The second-order valence-corrected chi connectivity index (χ2v) is 9.10. The van der Waals surface area contributed by atoms with Crippen LogP contribution < -0.4 is 10.6 Å². The van der Waals surface area contributed by atoms with Crippen molar-refractivity contribution in [1.82, 2.24) is 9.78 Å². The highest BCUT2D eigenvalue weighted by Crippen LogP contribution is 2.29. The van der Waals surface area contributed by atoms with Gasteiger partial charge in [-0.25, -0.2) is 4.79 Å². The molecule has 0 aliphatic carbocycles. The summed E-state index contributed by atoms with van der Waals surface area (Å²) in [6.45, 7) is 6.32. The zero-order valence-corrected chi connectivity index (χ0v) is 19.9. The number of carbonyl (C=O) groups excluding carboxylic acids is 1. The van der Waals surface area contributed by atoms with Gasteiger partial charge in [0.1, 0.15) is 5.00 Å². The standard InChI is InChI=1S/C20H20Cl2N4O2S2/c1-10-7-14(19(27)28-4)18(30-10)24-20(29)23-17-11(2)25-26(12(17)3)9-13-5-6-15(21)16(22)8-13/h5-8H,9H2,1-4H3,(H2,23,24,29). The number of aryl methyl sites for hydroxylation is 2. The van der Waals surface area contributed by atoms with Crippen LogP contribution in [0.5, 0.6) is 0 Å². The number of nitrogens with one attached hydrogen (secondary N) is 2. The van der Waals surface area contributed by atoms with E-state index in [-0.39, 0.29) is 0 Å². The number of aromatic nitrogens is 2. The first kappa shape index (κ1) is 22.6. The Labute approximate surface area is 194 Å². The Hall–Kier alpha value is -2.13. The average Bonchev–Trinajstić information content (AvgIpc) is 3.18. The van der Waals surface area contributed by atoms with Gasteiger partial charge in [0.25, 0.3) is 0 Å². The van der Waals surface area contributed by atoms with E-state index >= 15 is 0 Å². The highest BCUT2D eigenvalue weighted by atomic mass is 35.5. The molecule has 1 aromatic carbocycles. The monoisotopic (exact) mass is 482 g/mol. The highest BCUT2D eigenvalue weighted by molar-refractivity contribution is 7.80. The molecule has 6 nitrogen and oxygen atoms in total. The summed E-state index contributed by atoms with van der Waals surface area (Å²) in [6, 6.07) is 7.28. The highest BCUT2D eigenvalue weighted by Gasteiger charge is 2.18. The van der Waals surface area contributed by atoms with Crippen molar-refractivity contribution in [3.05, 3.63) is 61.7 Å². The van der Waals surface area contributed by atoms with Crippen molar-refractivity contribution in [3.8, 4) is 0 Å². The normalized spacial score (nSPS) is 10.7. The number of halogens is 2. The minimum Gasteiger partial charge on any atom is -0.465 e. The fraction of sp³-hybridized carbons (Fsp3) is 0.250. The van der Waals surface area contributed by atoms with E-state index in [1.807, 2.05) is 37.6 Å². The molecule has 0 atom stereocenters. The third kappa shape index (κ3) is 4.95. The number of carbonyl (C=O) groups is 1. The van der Waals surface area contributed by atoms with Crippen LogP contribution in [0.3, 0.4) is 0 Å². The fourth-order valence-electron chi connectivity index (χ4n) is 2.96. The predicted molar refractivity (Wildman–Crippen MR) is 128 cm³/mol. The van der Waals surface area contributed by atoms with Gasteiger partial charge in [-0.2, -0.15) is 5.10 Å². The van der Waals surface area contributed by atoms with Crippen molar-refractivity contribution in [2.24, 2.45) is 0 Å². The summed E-state index contributed by atoms with van der Waals surface area (Å²) in [6.07, 6.45) is 0. The second-order valence-electron chi connectivity index (χ2n) is 6.62. The van der Waals surface area contributed by atoms with Gasteiger partial charge in [-0.1, -0.05) is 29.3 Å². The third-order valence-corrected chi connectivity index (χ3v) is 6.33. The van der Waals surface area contributed by atoms with E-state index in [4.69, 9.17) is 40.2 Å². The molecule has 2 N–H and O–H groups in total. The van der Waals surface area contributed by atoms with Gasteiger partial charge in [-0.15, -0.1) is 11.3 Å². The van der Waals surface area contributed by atoms with Gasteiger partial charge in [0.15, 0.2) is 5.11 Å². The summed E-state index contributed by atoms with van der Waals surface area (Å²) in [5.41, 5.74) is 3.96. The molecule has 0 unspecified atom stereocenters. The SMILES string of the molecule is COC(=O)c1cc(C)sc1NC(=S)Nc1c(C)nn(Cc2ccc(Cl)c(Cl)c2)c1C. The zero-order valence-electron chi connectivity index (χ0n) is 16.8. The minimum absolute atomic E-state index is 0.363. The number of rotatable bonds is 5. The summed E-state index contributed by atoms with van der Waals surface area (Å²) >= 11 is 19.0. The first-order chi connectivity index (χ1) is 14.2. The van der Waals surface area contributed by atoms with Gasteiger partial charge in [0.05, 0.1) is 46.3 Å². The molecule has 30 heavy (non-hydrogen) atoms. The predicted octanol–water partition coefficient (Wildman–Crippen LogP) is 5.82. The number of methoxy groups -OCH3 is 1. The first-order valence-corrected chi connectivity index (χ1v) is 10.9. The van der Waals surface area contributed by atoms with Crippen LogP contribution in [-0.2, 0) is 11.3 Å². The van der Waals surface area contributed by atoms with Crippen LogP contribution in [-0.4, -0.2) is 28.0 Å². The lowest BCUT2D eigenvalue weighted by molar-refractivity contribution is 0.0602. The Kier molecular flexibility index (Phi) is 7.02. The van der Waals surface area contributed by atoms with Crippen molar-refractivity contribution >= 4 is 68.5 Å². The molecule has 0 amide bonds. The quantitative estimate of drug-likeness (QED) is 0.352. The van der Waals surface area contributed by atoms with E-state index in [1.54, 1.807) is 12.1 Å². The van der Waals surface area contributed by atoms with Crippen LogP contribution in [0, 0.1) is 20.8 Å². The number of esters is 1. The second kappa shape index (κ2) is 9.34. The number of ether oxygens (including phenoxy) is 1. The lowest BCUT2D eigenvalue weighted by Crippen LogP contribution is -2.20. The van der Waals surface area contributed by atoms with E-state index in [2.05, 4.69) is 15.7 Å². The Balaban J connectivity index is 1.77. The fourth-order valence-corrected chi connectivity index (χ4v) is 4.45. The number of anilines is 2. The van der Waals surface area contributed by atoms with Gasteiger partial charge in [0.2, 0.25) is 0 Å². The number of benzene rings is 1. The molecule has 2 heterocycles. The molecule has 0 aliphatic heterocycles. The maximum absolute atomic E-state index is 12.0. The molecule has 3 aromatic rings. The molecule has 10 heteroatoms. The van der Waals surface area contributed by atoms with Gasteiger partial charge < -0.3 is 15.4 Å². The van der Waals surface area contributed by atoms with Crippen LogP contribution in [0.4, 0.5) is 10.7 Å². The summed E-state index contributed by atoms with van der Waals surface area (Å²) in [4.78, 5) is 12.9. The molecular formula is C20H20Cl2N4O2S2. The van der Waals surface area contributed by atoms with Crippen LogP contribution in [0.25, 0.3) is 0 Å². The van der Waals surface area contributed by atoms with E-state index in [0.717, 1.165) is 27.5 Å². The minimum atomic E-state index is -0.411. The largest absolute Gasteiger partial charge is 0.465 e. The Bertz CT molecular complexity index is 1120. The van der Waals surface area contributed by atoms with Crippen LogP contribution in [0.2, 0.25) is 10.0 Å². The van der Waals surface area contributed by atoms with Crippen molar-refractivity contribution in [1.29, 1.82) is 0 Å². The van der Waals surface area contributed by atoms with Gasteiger partial charge in [-0.3, -0.25) is 4.68 Å². The van der Waals surface area contributed by atoms with Crippen molar-refractivity contribution in [2.75, 3.05) is 17.7 Å². The number of hydrogen-bond donors (Lipinski definition) is 2. The van der Waals surface area contributed by atoms with E-state index in [9.17, 15) is 4.79 Å².